The minimum atomic E-state index is -0.681. The van der Waals surface area contributed by atoms with Gasteiger partial charge in [0.1, 0.15) is 0 Å². The molecule has 1 atom stereocenters. The van der Waals surface area contributed by atoms with Crippen molar-refractivity contribution >= 4 is 11.8 Å². The van der Waals surface area contributed by atoms with E-state index in [2.05, 4.69) is 10.6 Å². The van der Waals surface area contributed by atoms with Crippen LogP contribution in [-0.4, -0.2) is 41.9 Å². The van der Waals surface area contributed by atoms with Crippen molar-refractivity contribution in [3.8, 4) is 0 Å². The van der Waals surface area contributed by atoms with Gasteiger partial charge in [0, 0.05) is 20.1 Å². The highest BCUT2D eigenvalue weighted by Gasteiger charge is 2.43. The first-order valence-corrected chi connectivity index (χ1v) is 7.77. The second-order valence-electron chi connectivity index (χ2n) is 6.19. The summed E-state index contributed by atoms with van der Waals surface area (Å²) in [7, 11) is 1.63. The fourth-order valence-corrected chi connectivity index (χ4v) is 3.05. The maximum atomic E-state index is 12.5. The predicted molar refractivity (Wildman–Crippen MR) is 86.2 cm³/mol. The number of nitrogens with zero attached hydrogens (tertiary/aromatic N) is 1. The number of nitrogens with one attached hydrogen (secondary N) is 2. The normalized spacial score (nSPS) is 19.0. The molecule has 2 rings (SSSR count). The maximum Gasteiger partial charge on any atom is 0.239 e. The van der Waals surface area contributed by atoms with Crippen molar-refractivity contribution in [3.05, 3.63) is 35.9 Å². The number of carbonyl (C=O) groups is 2. The number of benzene rings is 1. The molecule has 0 spiro atoms. The quantitative estimate of drug-likeness (QED) is 0.862. The van der Waals surface area contributed by atoms with Crippen molar-refractivity contribution in [2.75, 3.05) is 13.6 Å². The standard InChI is InChI=1S/C17H25N3O2/c1-17(2,16(22)18-3)20-11-7-10-14(20)15(21)19-12-13-8-5-4-6-9-13/h4-6,8-9,14H,7,10-12H2,1-3H3,(H,18,22)(H,19,21). The first kappa shape index (κ1) is 16.5. The molecule has 1 heterocycles. The van der Waals surface area contributed by atoms with Crippen LogP contribution in [0.5, 0.6) is 0 Å². The maximum absolute atomic E-state index is 12.5. The average molecular weight is 303 g/mol. The number of hydrogen-bond donors (Lipinski definition) is 2. The number of likely N-dealkylation sites (tertiary alicyclic amines) is 1. The first-order valence-electron chi connectivity index (χ1n) is 7.77. The molecule has 22 heavy (non-hydrogen) atoms. The number of likely N-dealkylation sites (N-methyl/N-ethyl adjacent to an activating group) is 1. The van der Waals surface area contributed by atoms with E-state index in [1.54, 1.807) is 7.05 Å². The van der Waals surface area contributed by atoms with E-state index >= 15 is 0 Å². The summed E-state index contributed by atoms with van der Waals surface area (Å²) in [6.45, 7) is 5.03. The van der Waals surface area contributed by atoms with Crippen molar-refractivity contribution in [2.24, 2.45) is 0 Å². The van der Waals surface area contributed by atoms with Gasteiger partial charge in [0.25, 0.3) is 0 Å². The van der Waals surface area contributed by atoms with E-state index in [1.165, 1.54) is 0 Å². The second kappa shape index (κ2) is 6.92. The SMILES string of the molecule is CNC(=O)C(C)(C)N1CCCC1C(=O)NCc1ccccc1. The van der Waals surface area contributed by atoms with Crippen molar-refractivity contribution in [3.63, 3.8) is 0 Å². The van der Waals surface area contributed by atoms with Crippen LogP contribution in [0.15, 0.2) is 30.3 Å². The summed E-state index contributed by atoms with van der Waals surface area (Å²) in [6, 6.07) is 9.60. The molecule has 1 unspecified atom stereocenters. The molecule has 0 saturated carbocycles. The zero-order chi connectivity index (χ0) is 16.2. The lowest BCUT2D eigenvalue weighted by Crippen LogP contribution is -2.58. The molecule has 1 saturated heterocycles. The predicted octanol–water partition coefficient (Wildman–Crippen LogP) is 1.29. The average Bonchev–Trinajstić information content (AvgIpc) is 3.03. The summed E-state index contributed by atoms with van der Waals surface area (Å²) in [6.07, 6.45) is 1.73. The van der Waals surface area contributed by atoms with Crippen LogP contribution in [0.3, 0.4) is 0 Å². The van der Waals surface area contributed by atoms with Gasteiger partial charge in [-0.2, -0.15) is 0 Å². The van der Waals surface area contributed by atoms with Crippen LogP contribution in [-0.2, 0) is 16.1 Å². The lowest BCUT2D eigenvalue weighted by Gasteiger charge is -2.37. The lowest BCUT2D eigenvalue weighted by atomic mass is 10.00. The monoisotopic (exact) mass is 303 g/mol. The molecule has 1 fully saturated rings. The Morgan fingerprint density at radius 2 is 1.95 bits per heavy atom. The minimum Gasteiger partial charge on any atom is -0.358 e. The number of hydrogen-bond acceptors (Lipinski definition) is 3. The highest BCUT2D eigenvalue weighted by molar-refractivity contribution is 5.87. The fourth-order valence-electron chi connectivity index (χ4n) is 3.05. The summed E-state index contributed by atoms with van der Waals surface area (Å²) in [5, 5.41) is 5.67. The van der Waals surface area contributed by atoms with Gasteiger partial charge < -0.3 is 10.6 Å². The first-order chi connectivity index (χ1) is 10.5. The zero-order valence-corrected chi connectivity index (χ0v) is 13.6. The topological polar surface area (TPSA) is 61.4 Å². The number of carbonyl (C=O) groups excluding carboxylic acids is 2. The third-order valence-corrected chi connectivity index (χ3v) is 4.37. The highest BCUT2D eigenvalue weighted by atomic mass is 16.2. The van der Waals surface area contributed by atoms with E-state index in [4.69, 9.17) is 0 Å². The molecule has 1 aromatic rings. The van der Waals surface area contributed by atoms with Gasteiger partial charge in [0.15, 0.2) is 0 Å². The molecule has 5 nitrogen and oxygen atoms in total. The molecule has 0 radical (unpaired) electrons. The Hall–Kier alpha value is -1.88. The number of rotatable bonds is 5. The third kappa shape index (κ3) is 3.47. The minimum absolute atomic E-state index is 0.00155. The summed E-state index contributed by atoms with van der Waals surface area (Å²) >= 11 is 0. The van der Waals surface area contributed by atoms with Crippen LogP contribution in [0.4, 0.5) is 0 Å². The molecule has 2 amide bonds. The van der Waals surface area contributed by atoms with Gasteiger partial charge >= 0.3 is 0 Å². The van der Waals surface area contributed by atoms with Gasteiger partial charge in [0.2, 0.25) is 11.8 Å². The van der Waals surface area contributed by atoms with Gasteiger partial charge in [-0.3, -0.25) is 14.5 Å². The lowest BCUT2D eigenvalue weighted by molar-refractivity contribution is -0.136. The molecule has 2 N–H and O–H groups in total. The molecule has 1 aliphatic heterocycles. The van der Waals surface area contributed by atoms with Crippen molar-refractivity contribution in [2.45, 2.75) is 44.8 Å². The van der Waals surface area contributed by atoms with Crippen LogP contribution < -0.4 is 10.6 Å². The van der Waals surface area contributed by atoms with Crippen LogP contribution in [0.25, 0.3) is 0 Å². The van der Waals surface area contributed by atoms with Crippen LogP contribution in [0.1, 0.15) is 32.3 Å². The van der Waals surface area contributed by atoms with Crippen molar-refractivity contribution < 1.29 is 9.59 Å². The van der Waals surface area contributed by atoms with Crippen LogP contribution in [0.2, 0.25) is 0 Å². The van der Waals surface area contributed by atoms with Gasteiger partial charge in [-0.05, 0) is 32.3 Å². The summed E-state index contributed by atoms with van der Waals surface area (Å²) in [4.78, 5) is 26.6. The van der Waals surface area contributed by atoms with E-state index in [0.29, 0.717) is 6.54 Å². The molecule has 0 aliphatic carbocycles. The Bertz CT molecular complexity index is 528. The fraction of sp³-hybridized carbons (Fsp3) is 0.529. The van der Waals surface area contributed by atoms with Crippen molar-refractivity contribution in [1.29, 1.82) is 0 Å². The number of amides is 2. The molecule has 120 valence electrons. The van der Waals surface area contributed by atoms with Crippen LogP contribution >= 0.6 is 0 Å². The largest absolute Gasteiger partial charge is 0.358 e. The van der Waals surface area contributed by atoms with Gasteiger partial charge in [-0.15, -0.1) is 0 Å². The van der Waals surface area contributed by atoms with E-state index < -0.39 is 5.54 Å². The van der Waals surface area contributed by atoms with E-state index in [0.717, 1.165) is 24.9 Å². The molecule has 5 heteroatoms. The van der Waals surface area contributed by atoms with Crippen molar-refractivity contribution in [1.82, 2.24) is 15.5 Å². The van der Waals surface area contributed by atoms with Gasteiger partial charge in [-0.1, -0.05) is 30.3 Å². The Balaban J connectivity index is 2.01. The molecule has 1 aromatic carbocycles. The summed E-state index contributed by atoms with van der Waals surface area (Å²) in [5.74, 6) is -0.0615. The van der Waals surface area contributed by atoms with E-state index in [1.807, 2.05) is 49.1 Å². The molecular formula is C17H25N3O2. The van der Waals surface area contributed by atoms with Crippen LogP contribution in [0, 0.1) is 0 Å². The zero-order valence-electron chi connectivity index (χ0n) is 13.6. The molecule has 1 aliphatic rings. The Morgan fingerprint density at radius 3 is 2.59 bits per heavy atom. The Morgan fingerprint density at radius 1 is 1.27 bits per heavy atom. The summed E-state index contributed by atoms with van der Waals surface area (Å²) in [5.41, 5.74) is 0.394. The molecule has 0 aromatic heterocycles. The van der Waals surface area contributed by atoms with E-state index in [9.17, 15) is 9.59 Å². The smallest absolute Gasteiger partial charge is 0.239 e. The van der Waals surface area contributed by atoms with E-state index in [-0.39, 0.29) is 17.9 Å². The second-order valence-corrected chi connectivity index (χ2v) is 6.19. The van der Waals surface area contributed by atoms with Gasteiger partial charge in [-0.25, -0.2) is 0 Å². The Kier molecular flexibility index (Phi) is 5.19. The highest BCUT2D eigenvalue weighted by Crippen LogP contribution is 2.27. The molecule has 0 bridgehead atoms. The summed E-state index contributed by atoms with van der Waals surface area (Å²) < 4.78 is 0. The third-order valence-electron chi connectivity index (χ3n) is 4.37. The molecular weight excluding hydrogens is 278 g/mol. The van der Waals surface area contributed by atoms with Gasteiger partial charge in [0.05, 0.1) is 11.6 Å². The Labute approximate surface area is 132 Å².